The van der Waals surface area contributed by atoms with Crippen molar-refractivity contribution in [3.05, 3.63) is 12.2 Å². The quantitative estimate of drug-likeness (QED) is 0.530. The molecule has 78 valence electrons. The van der Waals surface area contributed by atoms with Gasteiger partial charge in [-0.3, -0.25) is 4.67 Å². The molecule has 3 nitrogen and oxygen atoms in total. The predicted molar refractivity (Wildman–Crippen MR) is 59.4 cm³/mol. The number of hydrogen-bond donors (Lipinski definition) is 0. The molecule has 1 aliphatic rings. The monoisotopic (exact) mass is 212 g/mol. The molecule has 1 aliphatic heterocycles. The average molecular weight is 212 g/mol. The number of allylic oxidation sites excluding steroid dienone is 2. The van der Waals surface area contributed by atoms with Crippen molar-refractivity contribution in [3.8, 4) is 6.07 Å². The van der Waals surface area contributed by atoms with Crippen LogP contribution in [0.25, 0.3) is 0 Å². The van der Waals surface area contributed by atoms with E-state index in [0.717, 1.165) is 19.4 Å². The average Bonchev–Trinajstić information content (AvgIpc) is 2.39. The largest absolute Gasteiger partial charge is 0.359 e. The predicted octanol–water partition coefficient (Wildman–Crippen LogP) is 2.07. The Morgan fingerprint density at radius 3 is 2.93 bits per heavy atom. The van der Waals surface area contributed by atoms with Gasteiger partial charge in [0.1, 0.15) is 5.72 Å². The summed E-state index contributed by atoms with van der Waals surface area (Å²) in [5.74, 6) is 0. The first-order valence-corrected chi connectivity index (χ1v) is 5.32. The highest BCUT2D eigenvalue weighted by molar-refractivity contribution is 7.13. The Morgan fingerprint density at radius 1 is 1.71 bits per heavy atom. The van der Waals surface area contributed by atoms with Crippen LogP contribution in [0.1, 0.15) is 26.7 Å². The maximum absolute atomic E-state index is 8.32. The van der Waals surface area contributed by atoms with Crippen molar-refractivity contribution in [2.24, 2.45) is 0 Å². The van der Waals surface area contributed by atoms with Crippen molar-refractivity contribution in [3.63, 3.8) is 0 Å². The molecule has 1 heterocycles. The van der Waals surface area contributed by atoms with Crippen LogP contribution in [0.3, 0.4) is 0 Å². The lowest BCUT2D eigenvalue weighted by Gasteiger charge is -2.28. The maximum Gasteiger partial charge on any atom is 0.119 e. The maximum atomic E-state index is 8.32. The van der Waals surface area contributed by atoms with Crippen LogP contribution < -0.4 is 0 Å². The summed E-state index contributed by atoms with van der Waals surface area (Å²) in [5, 5.41) is 8.32. The van der Waals surface area contributed by atoms with Gasteiger partial charge >= 0.3 is 0 Å². The lowest BCUT2D eigenvalue weighted by atomic mass is 10.1. The molecule has 0 aromatic carbocycles. The summed E-state index contributed by atoms with van der Waals surface area (Å²) in [6, 6.07) is 2.43. The summed E-state index contributed by atoms with van der Waals surface area (Å²) in [4.78, 5) is 0. The zero-order valence-corrected chi connectivity index (χ0v) is 9.89. The van der Waals surface area contributed by atoms with Crippen LogP contribution in [0.5, 0.6) is 0 Å². The number of nitrogens with zero attached hydrogens (tertiary/aromatic N) is 2. The van der Waals surface area contributed by atoms with Crippen molar-refractivity contribution in [2.45, 2.75) is 38.5 Å². The van der Waals surface area contributed by atoms with Crippen molar-refractivity contribution in [1.29, 1.82) is 5.26 Å². The summed E-state index contributed by atoms with van der Waals surface area (Å²) >= 11 is 0. The minimum Gasteiger partial charge on any atom is -0.359 e. The van der Waals surface area contributed by atoms with Crippen molar-refractivity contribution < 1.29 is 4.74 Å². The molecule has 0 saturated carbocycles. The van der Waals surface area contributed by atoms with E-state index in [1.54, 1.807) is 0 Å². The first-order valence-electron chi connectivity index (χ1n) is 4.80. The third kappa shape index (κ3) is 2.78. The number of ether oxygens (including phenoxy) is 1. The van der Waals surface area contributed by atoms with Crippen LogP contribution in [-0.4, -0.2) is 23.0 Å². The van der Waals surface area contributed by atoms with Crippen molar-refractivity contribution in [1.82, 2.24) is 4.67 Å². The van der Waals surface area contributed by atoms with Gasteiger partial charge in [-0.2, -0.15) is 5.26 Å². The van der Waals surface area contributed by atoms with Gasteiger partial charge in [0, 0.05) is 12.1 Å². The molecule has 1 rings (SSSR count). The summed E-state index contributed by atoms with van der Waals surface area (Å²) in [6.07, 6.45) is 5.41. The second kappa shape index (κ2) is 4.89. The smallest absolute Gasteiger partial charge is 0.119 e. The Bertz CT molecular complexity index is 257. The standard InChI is InChI=1S/C10H17N2OP/c1-10(2)12(14)9(8-13-10)6-4-3-5-7-11/h3,5,9H,4,6,8,14H2,1-2H3/b5-3+. The van der Waals surface area contributed by atoms with Gasteiger partial charge in [-0.05, 0) is 26.7 Å². The molecule has 0 N–H and O–H groups in total. The second-order valence-corrected chi connectivity index (χ2v) is 4.48. The third-order valence-electron chi connectivity index (χ3n) is 2.50. The van der Waals surface area contributed by atoms with Crippen molar-refractivity contribution >= 4 is 9.39 Å². The first-order chi connectivity index (χ1) is 6.58. The summed E-state index contributed by atoms with van der Waals surface area (Å²) in [5.41, 5.74) is -0.172. The fourth-order valence-electron chi connectivity index (χ4n) is 1.54. The normalized spacial score (nSPS) is 26.9. The summed E-state index contributed by atoms with van der Waals surface area (Å²) in [6.45, 7) is 4.90. The molecule has 0 amide bonds. The molecule has 0 aromatic heterocycles. The zero-order chi connectivity index (χ0) is 10.6. The van der Waals surface area contributed by atoms with Crippen LogP contribution in [0, 0.1) is 11.3 Å². The third-order valence-corrected chi connectivity index (χ3v) is 3.55. The van der Waals surface area contributed by atoms with Gasteiger partial charge in [-0.1, -0.05) is 15.5 Å². The molecule has 1 fully saturated rings. The molecular formula is C10H17N2OP. The minimum absolute atomic E-state index is 0.172. The molecule has 2 atom stereocenters. The molecule has 0 spiro atoms. The highest BCUT2D eigenvalue weighted by Crippen LogP contribution is 2.32. The van der Waals surface area contributed by atoms with Gasteiger partial charge in [0.15, 0.2) is 0 Å². The van der Waals surface area contributed by atoms with Crippen LogP contribution >= 0.6 is 9.39 Å². The van der Waals surface area contributed by atoms with Gasteiger partial charge in [0.25, 0.3) is 0 Å². The Labute approximate surface area is 88.0 Å². The zero-order valence-electron chi connectivity index (χ0n) is 8.73. The molecule has 0 aliphatic carbocycles. The van der Waals surface area contributed by atoms with Gasteiger partial charge in [-0.15, -0.1) is 0 Å². The van der Waals surface area contributed by atoms with Crippen LogP contribution in [0.4, 0.5) is 0 Å². The van der Waals surface area contributed by atoms with Gasteiger partial charge in [-0.25, -0.2) is 0 Å². The lowest BCUT2D eigenvalue weighted by Crippen LogP contribution is -2.35. The van der Waals surface area contributed by atoms with E-state index >= 15 is 0 Å². The van der Waals surface area contributed by atoms with E-state index in [0.29, 0.717) is 6.04 Å². The van der Waals surface area contributed by atoms with Crippen LogP contribution in [0.15, 0.2) is 12.2 Å². The molecular weight excluding hydrogens is 195 g/mol. The molecule has 2 unspecified atom stereocenters. The van der Waals surface area contributed by atoms with E-state index in [-0.39, 0.29) is 5.72 Å². The van der Waals surface area contributed by atoms with Crippen molar-refractivity contribution in [2.75, 3.05) is 6.61 Å². The van der Waals surface area contributed by atoms with Gasteiger partial charge < -0.3 is 4.74 Å². The Balaban J connectivity index is 2.34. The SMILES string of the molecule is CC1(C)OCC(CC/C=C/C#N)N1P. The topological polar surface area (TPSA) is 36.3 Å². The van der Waals surface area contributed by atoms with E-state index in [1.807, 2.05) is 12.1 Å². The molecule has 4 heteroatoms. The second-order valence-electron chi connectivity index (χ2n) is 3.93. The molecule has 1 saturated heterocycles. The van der Waals surface area contributed by atoms with E-state index in [2.05, 4.69) is 27.9 Å². The molecule has 14 heavy (non-hydrogen) atoms. The lowest BCUT2D eigenvalue weighted by molar-refractivity contribution is -0.0124. The highest BCUT2D eigenvalue weighted by atomic mass is 31.0. The van der Waals surface area contributed by atoms with Gasteiger partial charge in [0.2, 0.25) is 0 Å². The summed E-state index contributed by atoms with van der Waals surface area (Å²) in [7, 11) is 2.72. The van der Waals surface area contributed by atoms with Crippen LogP contribution in [-0.2, 0) is 4.74 Å². The molecule has 0 bridgehead atoms. The van der Waals surface area contributed by atoms with Crippen LogP contribution in [0.2, 0.25) is 0 Å². The summed E-state index contributed by atoms with van der Waals surface area (Å²) < 4.78 is 7.81. The Morgan fingerprint density at radius 2 is 2.43 bits per heavy atom. The number of hydrogen-bond acceptors (Lipinski definition) is 3. The van der Waals surface area contributed by atoms with Gasteiger partial charge in [0.05, 0.1) is 12.7 Å². The number of rotatable bonds is 3. The fraction of sp³-hybridized carbons (Fsp3) is 0.700. The van der Waals surface area contributed by atoms with E-state index in [4.69, 9.17) is 10.00 Å². The highest BCUT2D eigenvalue weighted by Gasteiger charge is 2.37. The fourth-order valence-corrected chi connectivity index (χ4v) is 1.85. The Hall–Kier alpha value is -0.420. The first kappa shape index (κ1) is 11.7. The van der Waals surface area contributed by atoms with E-state index < -0.39 is 0 Å². The van der Waals surface area contributed by atoms with E-state index in [1.165, 1.54) is 6.08 Å². The number of nitriles is 1. The molecule has 0 radical (unpaired) electrons. The Kier molecular flexibility index (Phi) is 4.07. The molecule has 0 aromatic rings. The minimum atomic E-state index is -0.172. The van der Waals surface area contributed by atoms with E-state index in [9.17, 15) is 0 Å².